The number of benzene rings is 2. The molecule has 0 spiro atoms. The van der Waals surface area contributed by atoms with Gasteiger partial charge in [0.25, 0.3) is 5.84 Å². The van der Waals surface area contributed by atoms with E-state index in [-0.39, 0.29) is 10.3 Å². The summed E-state index contributed by atoms with van der Waals surface area (Å²) in [6.45, 7) is 0.666. The van der Waals surface area contributed by atoms with E-state index in [1.165, 1.54) is 4.88 Å². The number of aliphatic imine (C=N–C) groups is 1. The number of rotatable bonds is 4. The Bertz CT molecular complexity index is 1240. The van der Waals surface area contributed by atoms with Crippen LogP contribution in [0.2, 0.25) is 0 Å². The van der Waals surface area contributed by atoms with E-state index in [0.29, 0.717) is 23.8 Å². The Morgan fingerprint density at radius 2 is 2.00 bits per heavy atom. The third-order valence-corrected chi connectivity index (χ3v) is 5.76. The SMILES string of the molecule is N#C[N+]12N=C(c3cccc(O)c3)N=C1C=Cc1cccc(NCc3cccs3)c12. The normalized spacial score (nSPS) is 19.0. The molecule has 0 saturated carbocycles. The van der Waals surface area contributed by atoms with Crippen LogP contribution in [0.25, 0.3) is 6.08 Å². The first kappa shape index (κ1) is 17.4. The summed E-state index contributed by atoms with van der Waals surface area (Å²) in [5.41, 5.74) is 3.18. The molecule has 1 aromatic heterocycles. The number of para-hydroxylation sites is 1. The maximum atomic E-state index is 10.2. The fraction of sp³-hybridized carbons (Fsp3) is 0.0455. The zero-order valence-electron chi connectivity index (χ0n) is 15.3. The number of quaternary nitrogens is 1. The van der Waals surface area contributed by atoms with Gasteiger partial charge in [0.05, 0.1) is 0 Å². The predicted octanol–water partition coefficient (Wildman–Crippen LogP) is 4.65. The quantitative estimate of drug-likeness (QED) is 0.496. The minimum atomic E-state index is -0.371. The van der Waals surface area contributed by atoms with Gasteiger partial charge in [0, 0.05) is 28.6 Å². The van der Waals surface area contributed by atoms with Gasteiger partial charge < -0.3 is 10.4 Å². The van der Waals surface area contributed by atoms with E-state index in [1.807, 2.05) is 47.9 Å². The molecule has 1 unspecified atom stereocenters. The van der Waals surface area contributed by atoms with Crippen molar-refractivity contribution in [1.29, 1.82) is 5.26 Å². The number of hydrogen-bond donors (Lipinski definition) is 2. The minimum Gasteiger partial charge on any atom is -0.508 e. The van der Waals surface area contributed by atoms with Crippen molar-refractivity contribution in [2.45, 2.75) is 6.54 Å². The highest BCUT2D eigenvalue weighted by atomic mass is 32.1. The summed E-state index contributed by atoms with van der Waals surface area (Å²) >= 11 is 1.68. The number of nitriles is 1. The number of nitrogens with zero attached hydrogens (tertiary/aromatic N) is 4. The van der Waals surface area contributed by atoms with Crippen LogP contribution < -0.4 is 9.91 Å². The summed E-state index contributed by atoms with van der Waals surface area (Å²) in [7, 11) is 0. The molecule has 3 aromatic rings. The smallest absolute Gasteiger partial charge is 0.351 e. The molecule has 7 heteroatoms. The summed E-state index contributed by atoms with van der Waals surface area (Å²) in [5.74, 6) is 1.08. The van der Waals surface area contributed by atoms with Gasteiger partial charge in [0.15, 0.2) is 0 Å². The lowest BCUT2D eigenvalue weighted by molar-refractivity contribution is 0.475. The van der Waals surface area contributed by atoms with Crippen LogP contribution in [0, 0.1) is 11.5 Å². The number of fused-ring (bicyclic) bond motifs is 3. The zero-order valence-corrected chi connectivity index (χ0v) is 16.1. The van der Waals surface area contributed by atoms with Gasteiger partial charge in [-0.05, 0) is 51.5 Å². The molecule has 2 aliphatic rings. The molecule has 140 valence electrons. The molecular weight excluding hydrogens is 382 g/mol. The van der Waals surface area contributed by atoms with Gasteiger partial charge >= 0.3 is 6.19 Å². The third-order valence-electron chi connectivity index (χ3n) is 4.88. The molecule has 1 atom stereocenters. The second-order valence-electron chi connectivity index (χ2n) is 6.69. The molecule has 2 N–H and O–H groups in total. The van der Waals surface area contributed by atoms with Crippen LogP contribution in [0.1, 0.15) is 16.0 Å². The molecule has 5 rings (SSSR count). The van der Waals surface area contributed by atoms with E-state index >= 15 is 0 Å². The van der Waals surface area contributed by atoms with E-state index in [4.69, 9.17) is 5.10 Å². The predicted molar refractivity (Wildman–Crippen MR) is 117 cm³/mol. The van der Waals surface area contributed by atoms with Crippen molar-refractivity contribution in [3.63, 3.8) is 0 Å². The van der Waals surface area contributed by atoms with Gasteiger partial charge in [-0.1, -0.05) is 24.3 Å². The van der Waals surface area contributed by atoms with Gasteiger partial charge in [0.2, 0.25) is 11.5 Å². The topological polar surface area (TPSA) is 80.8 Å². The van der Waals surface area contributed by atoms with Gasteiger partial charge in [-0.3, -0.25) is 0 Å². The highest BCUT2D eigenvalue weighted by Gasteiger charge is 2.49. The highest BCUT2D eigenvalue weighted by molar-refractivity contribution is 7.09. The molecule has 2 aromatic carbocycles. The Kier molecular flexibility index (Phi) is 4.02. The van der Waals surface area contributed by atoms with Crippen molar-refractivity contribution in [2.24, 2.45) is 10.1 Å². The molecule has 0 amide bonds. The average Bonchev–Trinajstić information content (AvgIpc) is 3.40. The van der Waals surface area contributed by atoms with Crippen molar-refractivity contribution in [3.8, 4) is 11.9 Å². The summed E-state index contributed by atoms with van der Waals surface area (Å²) < 4.78 is -0.371. The molecule has 0 aliphatic carbocycles. The number of nitrogens with one attached hydrogen (secondary N) is 1. The zero-order chi connectivity index (χ0) is 19.8. The Morgan fingerprint density at radius 1 is 1.10 bits per heavy atom. The van der Waals surface area contributed by atoms with E-state index in [0.717, 1.165) is 16.9 Å². The van der Waals surface area contributed by atoms with E-state index in [2.05, 4.69) is 22.6 Å². The van der Waals surface area contributed by atoms with Gasteiger partial charge in [-0.15, -0.1) is 16.6 Å². The Hall–Kier alpha value is -3.73. The van der Waals surface area contributed by atoms with Crippen LogP contribution in [0.5, 0.6) is 5.75 Å². The van der Waals surface area contributed by atoms with E-state index in [9.17, 15) is 10.4 Å². The van der Waals surface area contributed by atoms with Crippen LogP contribution >= 0.6 is 11.3 Å². The molecule has 0 fully saturated rings. The van der Waals surface area contributed by atoms with Crippen LogP contribution in [0.15, 0.2) is 76.1 Å². The first-order chi connectivity index (χ1) is 14.2. The Labute approximate surface area is 171 Å². The first-order valence-electron chi connectivity index (χ1n) is 9.07. The summed E-state index contributed by atoms with van der Waals surface area (Å²) in [6, 6.07) is 16.7. The molecule has 0 saturated heterocycles. The van der Waals surface area contributed by atoms with E-state index in [1.54, 1.807) is 29.5 Å². The van der Waals surface area contributed by atoms with Crippen LogP contribution in [-0.4, -0.2) is 16.8 Å². The third kappa shape index (κ3) is 2.83. The summed E-state index contributed by atoms with van der Waals surface area (Å²) in [5, 5.41) is 30.2. The van der Waals surface area contributed by atoms with Gasteiger partial charge in [-0.2, -0.15) is 4.99 Å². The minimum absolute atomic E-state index is 0.132. The Morgan fingerprint density at radius 3 is 2.79 bits per heavy atom. The average molecular weight is 398 g/mol. The van der Waals surface area contributed by atoms with Crippen LogP contribution in [-0.2, 0) is 6.54 Å². The number of hydrogen-bond acceptors (Lipinski definition) is 6. The molecular formula is C22H16N5OS+. The second-order valence-corrected chi connectivity index (χ2v) is 7.72. The van der Waals surface area contributed by atoms with Crippen molar-refractivity contribution in [1.82, 2.24) is 4.59 Å². The fourth-order valence-corrected chi connectivity index (χ4v) is 4.20. The number of phenolic OH excluding ortho intramolecular Hbond substituents is 1. The van der Waals surface area contributed by atoms with Gasteiger partial charge in [0.1, 0.15) is 11.4 Å². The van der Waals surface area contributed by atoms with Crippen molar-refractivity contribution in [2.75, 3.05) is 5.32 Å². The molecule has 0 radical (unpaired) electrons. The second kappa shape index (κ2) is 6.71. The monoisotopic (exact) mass is 398 g/mol. The van der Waals surface area contributed by atoms with Crippen molar-refractivity contribution < 1.29 is 5.11 Å². The lowest BCUT2D eigenvalue weighted by Gasteiger charge is -2.25. The molecule has 6 nitrogen and oxygen atoms in total. The number of anilines is 1. The standard InChI is InChI=1S/C22H15N5OS/c23-14-27-20(25-22(26-27)16-5-1-6-17(28)12-16)10-9-15-4-2-8-19(21(15)27)24-13-18-7-3-11-29-18/h1-12,24H,13H2/p+1. The summed E-state index contributed by atoms with van der Waals surface area (Å²) in [6.07, 6.45) is 6.14. The first-order valence-corrected chi connectivity index (χ1v) is 9.95. The fourth-order valence-electron chi connectivity index (χ4n) is 3.56. The number of thiophene rings is 1. The lowest BCUT2D eigenvalue weighted by atomic mass is 10.0. The maximum absolute atomic E-state index is 10.2. The molecule has 2 aliphatic heterocycles. The Balaban J connectivity index is 1.62. The summed E-state index contributed by atoms with van der Waals surface area (Å²) in [4.78, 5) is 5.81. The molecule has 3 heterocycles. The van der Waals surface area contributed by atoms with Crippen molar-refractivity contribution >= 4 is 40.5 Å². The number of aromatic hydroxyl groups is 1. The number of phenols is 1. The van der Waals surface area contributed by atoms with Crippen LogP contribution in [0.4, 0.5) is 11.4 Å². The number of amidine groups is 2. The highest BCUT2D eigenvalue weighted by Crippen LogP contribution is 2.42. The maximum Gasteiger partial charge on any atom is 0.351 e. The largest absolute Gasteiger partial charge is 0.508 e. The van der Waals surface area contributed by atoms with Crippen LogP contribution in [0.3, 0.4) is 0 Å². The molecule has 0 bridgehead atoms. The lowest BCUT2D eigenvalue weighted by Crippen LogP contribution is -2.44. The molecule has 29 heavy (non-hydrogen) atoms. The van der Waals surface area contributed by atoms with Crippen molar-refractivity contribution in [3.05, 3.63) is 82.1 Å². The van der Waals surface area contributed by atoms with E-state index < -0.39 is 0 Å². The van der Waals surface area contributed by atoms with Gasteiger partial charge in [-0.25, -0.2) is 0 Å².